The predicted molar refractivity (Wildman–Crippen MR) is 106 cm³/mol. The third-order valence-corrected chi connectivity index (χ3v) is 4.32. The SMILES string of the molecule is NC(=O)Cc1cccc2cn(-c3ccc(C(=O)Nc4ccncc4)cc3)nc12. The van der Waals surface area contributed by atoms with Crippen LogP contribution in [0.2, 0.25) is 0 Å². The first-order valence-corrected chi connectivity index (χ1v) is 8.67. The van der Waals surface area contributed by atoms with Crippen LogP contribution in [0.1, 0.15) is 15.9 Å². The molecule has 2 aromatic carbocycles. The number of nitrogens with two attached hydrogens (primary N) is 1. The lowest BCUT2D eigenvalue weighted by Gasteiger charge is -2.06. The Morgan fingerprint density at radius 2 is 1.75 bits per heavy atom. The Balaban J connectivity index is 1.58. The summed E-state index contributed by atoms with van der Waals surface area (Å²) in [6.07, 6.45) is 5.26. The Labute approximate surface area is 160 Å². The Morgan fingerprint density at radius 3 is 2.46 bits per heavy atom. The molecule has 3 N–H and O–H groups in total. The first-order valence-electron chi connectivity index (χ1n) is 8.67. The summed E-state index contributed by atoms with van der Waals surface area (Å²) < 4.78 is 1.72. The number of hydrogen-bond donors (Lipinski definition) is 2. The van der Waals surface area contributed by atoms with Gasteiger partial charge in [0.2, 0.25) is 5.91 Å². The minimum Gasteiger partial charge on any atom is -0.369 e. The lowest BCUT2D eigenvalue weighted by atomic mass is 10.1. The molecule has 0 unspecified atom stereocenters. The summed E-state index contributed by atoms with van der Waals surface area (Å²) in [4.78, 5) is 27.5. The van der Waals surface area contributed by atoms with E-state index in [2.05, 4.69) is 15.4 Å². The van der Waals surface area contributed by atoms with Crippen molar-refractivity contribution in [3.63, 3.8) is 0 Å². The van der Waals surface area contributed by atoms with Crippen LogP contribution in [0.4, 0.5) is 5.69 Å². The molecular weight excluding hydrogens is 354 g/mol. The van der Waals surface area contributed by atoms with Gasteiger partial charge in [0.05, 0.1) is 17.6 Å². The maximum Gasteiger partial charge on any atom is 0.255 e. The van der Waals surface area contributed by atoms with E-state index in [1.165, 1.54) is 0 Å². The molecule has 138 valence electrons. The van der Waals surface area contributed by atoms with E-state index in [-0.39, 0.29) is 12.3 Å². The van der Waals surface area contributed by atoms with Gasteiger partial charge in [0.15, 0.2) is 0 Å². The van der Waals surface area contributed by atoms with Gasteiger partial charge < -0.3 is 11.1 Å². The first-order chi connectivity index (χ1) is 13.6. The second kappa shape index (κ2) is 7.32. The topological polar surface area (TPSA) is 103 Å². The molecule has 0 fully saturated rings. The number of nitrogens with zero attached hydrogens (tertiary/aromatic N) is 3. The average Bonchev–Trinajstić information content (AvgIpc) is 3.14. The summed E-state index contributed by atoms with van der Waals surface area (Å²) in [5.74, 6) is -0.598. The fourth-order valence-corrected chi connectivity index (χ4v) is 2.97. The van der Waals surface area contributed by atoms with Gasteiger partial charge in [-0.05, 0) is 42.0 Å². The van der Waals surface area contributed by atoms with E-state index in [1.807, 2.05) is 36.5 Å². The van der Waals surface area contributed by atoms with Gasteiger partial charge in [-0.1, -0.05) is 18.2 Å². The molecule has 7 nitrogen and oxygen atoms in total. The van der Waals surface area contributed by atoms with Gasteiger partial charge in [0.1, 0.15) is 0 Å². The molecule has 4 aromatic rings. The number of hydrogen-bond acceptors (Lipinski definition) is 4. The molecule has 28 heavy (non-hydrogen) atoms. The Morgan fingerprint density at radius 1 is 1.00 bits per heavy atom. The Hall–Kier alpha value is -4.00. The van der Waals surface area contributed by atoms with Crippen molar-refractivity contribution in [1.29, 1.82) is 0 Å². The summed E-state index contributed by atoms with van der Waals surface area (Å²) in [7, 11) is 0. The van der Waals surface area contributed by atoms with Gasteiger partial charge in [0, 0.05) is 35.2 Å². The molecule has 0 radical (unpaired) electrons. The number of aromatic nitrogens is 3. The average molecular weight is 371 g/mol. The smallest absolute Gasteiger partial charge is 0.255 e. The number of anilines is 1. The number of carbonyl (C=O) groups is 2. The zero-order valence-electron chi connectivity index (χ0n) is 14.9. The van der Waals surface area contributed by atoms with E-state index >= 15 is 0 Å². The lowest BCUT2D eigenvalue weighted by Crippen LogP contribution is -2.13. The van der Waals surface area contributed by atoms with Crippen LogP contribution in [0.25, 0.3) is 16.6 Å². The Kier molecular flexibility index (Phi) is 4.55. The third kappa shape index (κ3) is 3.59. The van der Waals surface area contributed by atoms with Crippen LogP contribution in [-0.4, -0.2) is 26.6 Å². The normalized spacial score (nSPS) is 10.7. The molecule has 0 saturated heterocycles. The van der Waals surface area contributed by atoms with Crippen molar-refractivity contribution in [3.8, 4) is 5.69 Å². The maximum atomic E-state index is 12.4. The number of fused-ring (bicyclic) bond motifs is 1. The molecule has 2 aromatic heterocycles. The number of rotatable bonds is 5. The van der Waals surface area contributed by atoms with Crippen molar-refractivity contribution in [3.05, 3.63) is 84.3 Å². The molecule has 0 atom stereocenters. The van der Waals surface area contributed by atoms with Gasteiger partial charge in [-0.15, -0.1) is 0 Å². The van der Waals surface area contributed by atoms with E-state index in [4.69, 9.17) is 5.73 Å². The highest BCUT2D eigenvalue weighted by Crippen LogP contribution is 2.20. The summed E-state index contributed by atoms with van der Waals surface area (Å²) in [6, 6.07) is 16.2. The highest BCUT2D eigenvalue weighted by molar-refractivity contribution is 6.04. The monoisotopic (exact) mass is 371 g/mol. The van der Waals surface area contributed by atoms with Gasteiger partial charge in [0.25, 0.3) is 5.91 Å². The molecule has 0 aliphatic heterocycles. The zero-order chi connectivity index (χ0) is 19.5. The molecule has 0 aliphatic carbocycles. The van der Waals surface area contributed by atoms with Gasteiger partial charge in [-0.3, -0.25) is 14.6 Å². The molecule has 4 rings (SSSR count). The summed E-state index contributed by atoms with van der Waals surface area (Å²) in [5, 5.41) is 8.31. The molecule has 2 amide bonds. The molecule has 0 spiro atoms. The summed E-state index contributed by atoms with van der Waals surface area (Å²) >= 11 is 0. The minimum atomic E-state index is -0.397. The van der Waals surface area contributed by atoms with E-state index in [0.29, 0.717) is 11.3 Å². The lowest BCUT2D eigenvalue weighted by molar-refractivity contribution is -0.117. The number of primary amides is 1. The van der Waals surface area contributed by atoms with Crippen LogP contribution >= 0.6 is 0 Å². The van der Waals surface area contributed by atoms with Crippen LogP contribution in [0.5, 0.6) is 0 Å². The minimum absolute atomic E-state index is 0.141. The van der Waals surface area contributed by atoms with Crippen molar-refractivity contribution in [1.82, 2.24) is 14.8 Å². The van der Waals surface area contributed by atoms with Crippen LogP contribution < -0.4 is 11.1 Å². The third-order valence-electron chi connectivity index (χ3n) is 4.32. The largest absolute Gasteiger partial charge is 0.369 e. The first kappa shape index (κ1) is 17.4. The highest BCUT2D eigenvalue weighted by atomic mass is 16.2. The van der Waals surface area contributed by atoms with Crippen molar-refractivity contribution in [2.24, 2.45) is 5.73 Å². The fraction of sp³-hybridized carbons (Fsp3) is 0.0476. The van der Waals surface area contributed by atoms with E-state index in [0.717, 1.165) is 22.2 Å². The summed E-state index contributed by atoms with van der Waals surface area (Å²) in [6.45, 7) is 0. The zero-order valence-corrected chi connectivity index (χ0v) is 14.9. The predicted octanol–water partition coefficient (Wildman–Crippen LogP) is 2.70. The molecule has 0 saturated carbocycles. The standard InChI is InChI=1S/C21H17N5O2/c22-19(27)12-15-2-1-3-16-13-26(25-20(15)16)18-6-4-14(5-7-18)21(28)24-17-8-10-23-11-9-17/h1-11,13H,12H2,(H2,22,27)(H,23,24,28). The van der Waals surface area contributed by atoms with E-state index in [1.54, 1.807) is 41.3 Å². The van der Waals surface area contributed by atoms with Crippen molar-refractivity contribution >= 4 is 28.4 Å². The fourth-order valence-electron chi connectivity index (χ4n) is 2.97. The Bertz CT molecular complexity index is 1150. The number of nitrogens with one attached hydrogen (secondary N) is 1. The van der Waals surface area contributed by atoms with Crippen molar-refractivity contribution < 1.29 is 9.59 Å². The highest BCUT2D eigenvalue weighted by Gasteiger charge is 2.10. The van der Waals surface area contributed by atoms with Crippen molar-refractivity contribution in [2.45, 2.75) is 6.42 Å². The van der Waals surface area contributed by atoms with Crippen LogP contribution in [0.15, 0.2) is 73.2 Å². The quantitative estimate of drug-likeness (QED) is 0.563. The van der Waals surface area contributed by atoms with Gasteiger partial charge in [-0.2, -0.15) is 5.10 Å². The van der Waals surface area contributed by atoms with E-state index in [9.17, 15) is 9.59 Å². The molecular formula is C21H17N5O2. The number of pyridine rings is 1. The molecule has 2 heterocycles. The maximum absolute atomic E-state index is 12.4. The summed E-state index contributed by atoms with van der Waals surface area (Å²) in [5.41, 5.74) is 8.87. The van der Waals surface area contributed by atoms with Crippen LogP contribution in [0, 0.1) is 0 Å². The van der Waals surface area contributed by atoms with Crippen LogP contribution in [0.3, 0.4) is 0 Å². The van der Waals surface area contributed by atoms with E-state index < -0.39 is 5.91 Å². The second-order valence-electron chi connectivity index (χ2n) is 6.31. The number of carbonyl (C=O) groups excluding carboxylic acids is 2. The molecule has 7 heteroatoms. The molecule has 0 aliphatic rings. The van der Waals surface area contributed by atoms with Crippen LogP contribution in [-0.2, 0) is 11.2 Å². The van der Waals surface area contributed by atoms with Gasteiger partial charge >= 0.3 is 0 Å². The molecule has 0 bridgehead atoms. The van der Waals surface area contributed by atoms with Crippen molar-refractivity contribution in [2.75, 3.05) is 5.32 Å². The number of benzene rings is 2. The van der Waals surface area contributed by atoms with Gasteiger partial charge in [-0.25, -0.2) is 4.68 Å². The second-order valence-corrected chi connectivity index (χ2v) is 6.31. The number of amides is 2.